The Morgan fingerprint density at radius 1 is 0.975 bits per heavy atom. The maximum atomic E-state index is 13.0. The molecule has 10 atom stereocenters. The van der Waals surface area contributed by atoms with Crippen LogP contribution in [0.4, 0.5) is 0 Å². The Morgan fingerprint density at radius 2 is 1.65 bits per heavy atom. The molecule has 40 heavy (non-hydrogen) atoms. The minimum absolute atomic E-state index is 0.0298. The zero-order valence-electron chi connectivity index (χ0n) is 22.9. The third kappa shape index (κ3) is 5.97. The van der Waals surface area contributed by atoms with E-state index in [1.807, 2.05) is 20.8 Å². The maximum Gasteiger partial charge on any atom is 0.338 e. The topological polar surface area (TPSA) is 149 Å². The summed E-state index contributed by atoms with van der Waals surface area (Å²) >= 11 is 4.00. The molecule has 0 spiro atoms. The highest BCUT2D eigenvalue weighted by Gasteiger charge is 2.61. The van der Waals surface area contributed by atoms with Gasteiger partial charge >= 0.3 is 5.97 Å². The van der Waals surface area contributed by atoms with E-state index in [2.05, 4.69) is 22.9 Å². The minimum Gasteiger partial charge on any atom is -0.455 e. The normalized spacial score (nSPS) is 39.5. The van der Waals surface area contributed by atoms with Crippen molar-refractivity contribution < 1.29 is 46.9 Å². The Bertz CT molecular complexity index is 1100. The molecule has 0 aliphatic carbocycles. The van der Waals surface area contributed by atoms with Crippen LogP contribution in [0.15, 0.2) is 35.4 Å². The second-order valence-electron chi connectivity index (χ2n) is 11.0. The van der Waals surface area contributed by atoms with E-state index in [1.54, 1.807) is 44.2 Å². The predicted octanol–water partition coefficient (Wildman–Crippen LogP) is 3.67. The maximum absolute atomic E-state index is 13.0. The summed E-state index contributed by atoms with van der Waals surface area (Å²) in [5, 5.41) is 3.88. The summed E-state index contributed by atoms with van der Waals surface area (Å²) < 4.78 is 54.1. The van der Waals surface area contributed by atoms with Crippen molar-refractivity contribution in [1.29, 1.82) is 0 Å². The van der Waals surface area contributed by atoms with Crippen molar-refractivity contribution >= 4 is 18.9 Å². The molecule has 0 bridgehead atoms. The number of ether oxygens (including phenoxy) is 8. The van der Waals surface area contributed by atoms with Crippen molar-refractivity contribution in [2.24, 2.45) is 5.11 Å². The Kier molecular flexibility index (Phi) is 8.65. The molecule has 0 N–H and O–H groups in total. The molecule has 1 aromatic rings. The largest absolute Gasteiger partial charge is 0.455 e. The summed E-state index contributed by atoms with van der Waals surface area (Å²) in [6.45, 7) is 9.09. The smallest absolute Gasteiger partial charge is 0.338 e. The number of rotatable bonds is 8. The van der Waals surface area contributed by atoms with Crippen molar-refractivity contribution in [1.82, 2.24) is 0 Å². The van der Waals surface area contributed by atoms with Gasteiger partial charge < -0.3 is 42.1 Å². The molecule has 1 aromatic carbocycles. The average Bonchev–Trinajstić information content (AvgIpc) is 3.42. The van der Waals surface area contributed by atoms with Gasteiger partial charge in [-0.3, -0.25) is 0 Å². The molecule has 4 heterocycles. The second-order valence-corrected chi connectivity index (χ2v) is 11.2. The summed E-state index contributed by atoms with van der Waals surface area (Å²) in [4.78, 5) is 15.9. The number of hydrogen-bond acceptors (Lipinski definition) is 12. The summed E-state index contributed by atoms with van der Waals surface area (Å²) in [6.07, 6.45) is -5.89. The van der Waals surface area contributed by atoms with E-state index in [0.29, 0.717) is 12.0 Å². The zero-order chi connectivity index (χ0) is 28.7. The molecule has 4 unspecified atom stereocenters. The molecule has 4 aliphatic heterocycles. The van der Waals surface area contributed by atoms with Crippen molar-refractivity contribution in [2.45, 2.75) is 114 Å². The van der Waals surface area contributed by atoms with Crippen LogP contribution < -0.4 is 0 Å². The van der Waals surface area contributed by atoms with Crippen LogP contribution in [0.5, 0.6) is 0 Å². The quantitative estimate of drug-likeness (QED) is 0.120. The summed E-state index contributed by atoms with van der Waals surface area (Å²) in [5.74, 6) is -2.35. The Morgan fingerprint density at radius 3 is 2.33 bits per heavy atom. The predicted molar refractivity (Wildman–Crippen MR) is 140 cm³/mol. The van der Waals surface area contributed by atoms with Crippen LogP contribution in [0, 0.1) is 0 Å². The van der Waals surface area contributed by atoms with Gasteiger partial charge in [0.25, 0.3) is 0 Å². The molecule has 5 rings (SSSR count). The molecule has 0 amide bonds. The number of nitrogens with zero attached hydrogens (tertiary/aromatic N) is 3. The van der Waals surface area contributed by atoms with Gasteiger partial charge in [0.2, 0.25) is 0 Å². The lowest BCUT2D eigenvalue weighted by Gasteiger charge is -2.44. The highest BCUT2D eigenvalue weighted by molar-refractivity contribution is 7.75. The number of esters is 1. The van der Waals surface area contributed by atoms with Gasteiger partial charge in [-0.25, -0.2) is 4.79 Å². The fraction of sp³-hybridized carbons (Fsp3) is 0.731. The first-order valence-electron chi connectivity index (χ1n) is 13.3. The van der Waals surface area contributed by atoms with Gasteiger partial charge in [-0.15, -0.1) is 0 Å². The summed E-state index contributed by atoms with van der Waals surface area (Å²) in [6, 6.07) is 7.38. The fourth-order valence-corrected chi connectivity index (χ4v) is 5.84. The van der Waals surface area contributed by atoms with Crippen molar-refractivity contribution in [3.8, 4) is 0 Å². The molecule has 0 saturated carbocycles. The number of azide groups is 1. The number of hydrogen-bond donors (Lipinski definition) is 1. The molecule has 4 aliphatic rings. The fourth-order valence-electron chi connectivity index (χ4n) is 5.58. The van der Waals surface area contributed by atoms with E-state index >= 15 is 0 Å². The number of carbonyl (C=O) groups is 1. The Hall–Kier alpha value is -1.97. The summed E-state index contributed by atoms with van der Waals surface area (Å²) in [7, 11) is 0. The first-order valence-corrected chi connectivity index (χ1v) is 13.7. The Labute approximate surface area is 237 Å². The monoisotopic (exact) mass is 581 g/mol. The van der Waals surface area contributed by atoms with Crippen molar-refractivity contribution in [2.75, 3.05) is 6.61 Å². The van der Waals surface area contributed by atoms with Crippen LogP contribution >= 0.6 is 12.9 Å². The first kappa shape index (κ1) is 29.5. The van der Waals surface area contributed by atoms with Gasteiger partial charge in [-0.2, -0.15) is 0 Å². The molecule has 4 saturated heterocycles. The lowest BCUT2D eigenvalue weighted by atomic mass is 9.95. The number of carbonyl (C=O) groups excluding carboxylic acids is 1. The van der Waals surface area contributed by atoms with Gasteiger partial charge in [0.1, 0.15) is 42.7 Å². The number of thiol groups is 1. The molecular weight excluding hydrogens is 546 g/mol. The molecule has 13 nitrogen and oxygen atoms in total. The first-order chi connectivity index (χ1) is 19.1. The molecule has 4 fully saturated rings. The lowest BCUT2D eigenvalue weighted by molar-refractivity contribution is -0.283. The number of fused-ring (bicyclic) bond motifs is 3. The molecule has 220 valence electrons. The minimum atomic E-state index is -1.10. The van der Waals surface area contributed by atoms with Gasteiger partial charge in [-0.05, 0) is 64.7 Å². The highest BCUT2D eigenvalue weighted by atomic mass is 32.1. The van der Waals surface area contributed by atoms with Gasteiger partial charge in [-0.1, -0.05) is 30.2 Å². The summed E-state index contributed by atoms with van der Waals surface area (Å²) in [5.41, 5.74) is 9.72. The van der Waals surface area contributed by atoms with E-state index in [1.165, 1.54) is 0 Å². The van der Waals surface area contributed by atoms with Gasteiger partial charge in [0.15, 0.2) is 24.2 Å². The standard InChI is InChI=1S/C26H35N3O10S/c1-6-14-18(39-40)19(34-22(30)13-10-8-7-9-11-13)16(28-29-27)23(32-14)31-12-15-17-20(36-25(2,3)35-17)21-24(33-15)38-26(4,5)37-21/h7-11,14-21,23-24,40H,6,12H2,1-5H3/t14?,15?,16?,17-,18-,19+,20-,21?,23+,24+/m0/s1. The van der Waals surface area contributed by atoms with Gasteiger partial charge in [0, 0.05) is 4.91 Å². The third-order valence-electron chi connectivity index (χ3n) is 7.25. The third-order valence-corrected chi connectivity index (χ3v) is 7.50. The van der Waals surface area contributed by atoms with E-state index in [4.69, 9.17) is 42.1 Å². The van der Waals surface area contributed by atoms with Crippen LogP contribution in [-0.2, 0) is 42.1 Å². The van der Waals surface area contributed by atoms with E-state index in [-0.39, 0.29) is 6.61 Å². The van der Waals surface area contributed by atoms with Crippen molar-refractivity contribution in [3.63, 3.8) is 0 Å². The lowest BCUT2D eigenvalue weighted by Crippen LogP contribution is -2.60. The van der Waals surface area contributed by atoms with Crippen LogP contribution in [-0.4, -0.2) is 85.5 Å². The van der Waals surface area contributed by atoms with Crippen LogP contribution in [0.2, 0.25) is 0 Å². The van der Waals surface area contributed by atoms with E-state index in [0.717, 1.165) is 0 Å². The highest BCUT2D eigenvalue weighted by Crippen LogP contribution is 2.44. The van der Waals surface area contributed by atoms with Crippen LogP contribution in [0.1, 0.15) is 51.4 Å². The molecule has 0 radical (unpaired) electrons. The van der Waals surface area contributed by atoms with Gasteiger partial charge in [0.05, 0.1) is 18.3 Å². The van der Waals surface area contributed by atoms with E-state index < -0.39 is 78.9 Å². The number of benzene rings is 1. The van der Waals surface area contributed by atoms with E-state index in [9.17, 15) is 10.3 Å². The molecule has 14 heteroatoms. The molecule has 0 aromatic heterocycles. The zero-order valence-corrected chi connectivity index (χ0v) is 23.8. The average molecular weight is 582 g/mol. The SMILES string of the molecule is CCC1O[C@@H](OCC2O[C@@H]3OC(C)(C)OC3[C@H]3OC(C)(C)O[C@@H]23)C(N=[N+]=[N-])[C@@H](OC(=O)c2ccccc2)[C@H]1OS. The van der Waals surface area contributed by atoms with Crippen molar-refractivity contribution in [3.05, 3.63) is 46.3 Å². The Balaban J connectivity index is 1.36. The second kappa shape index (κ2) is 11.7. The molecular formula is C26H35N3O10S. The van der Waals surface area contributed by atoms with Crippen LogP contribution in [0.3, 0.4) is 0 Å². The van der Waals surface area contributed by atoms with Crippen LogP contribution in [0.25, 0.3) is 10.4 Å².